The summed E-state index contributed by atoms with van der Waals surface area (Å²) in [6, 6.07) is 26.6. The molecule has 1 unspecified atom stereocenters. The zero-order valence-electron chi connectivity index (χ0n) is 19.4. The molecule has 1 aliphatic heterocycles. The molecule has 0 saturated heterocycles. The van der Waals surface area contributed by atoms with Gasteiger partial charge >= 0.3 is 0 Å². The lowest BCUT2D eigenvalue weighted by molar-refractivity contribution is -1.91. The van der Waals surface area contributed by atoms with Crippen LogP contribution in [-0.4, -0.2) is 11.5 Å². The molecule has 0 aliphatic carbocycles. The van der Waals surface area contributed by atoms with Gasteiger partial charge in [-0.2, -0.15) is 14.0 Å². The lowest BCUT2D eigenvalue weighted by Gasteiger charge is -2.22. The number of benzene rings is 3. The molecular formula is C28H27ClO5S. The average molecular weight is 511 g/mol. The first-order valence-corrected chi connectivity index (χ1v) is 13.8. The molecular weight excluding hydrogens is 484 g/mol. The van der Waals surface area contributed by atoms with Crippen molar-refractivity contribution in [3.63, 3.8) is 0 Å². The summed E-state index contributed by atoms with van der Waals surface area (Å²) < 4.78 is 46.2. The molecule has 0 aromatic heterocycles. The lowest BCUT2D eigenvalue weighted by Crippen LogP contribution is -2.60. The molecule has 7 heteroatoms. The molecule has 0 N–H and O–H groups in total. The summed E-state index contributed by atoms with van der Waals surface area (Å²) in [5, 5.41) is 0. The smallest absolute Gasteiger partial charge is 0.148 e. The molecule has 1 atom stereocenters. The van der Waals surface area contributed by atoms with Crippen LogP contribution < -0.4 is 18.7 Å². The Bertz CT molecular complexity index is 1210. The van der Waals surface area contributed by atoms with Gasteiger partial charge in [0.1, 0.15) is 20.3 Å². The fourth-order valence-corrected chi connectivity index (χ4v) is 6.30. The van der Waals surface area contributed by atoms with Crippen molar-refractivity contribution in [3.05, 3.63) is 114 Å². The van der Waals surface area contributed by atoms with Crippen molar-refractivity contribution in [2.75, 3.05) is 6.61 Å². The first kappa shape index (κ1) is 25.4. The number of unbranched alkanes of at least 4 members (excludes halogenated alkanes) is 2. The van der Waals surface area contributed by atoms with Gasteiger partial charge in [-0.25, -0.2) is 0 Å². The van der Waals surface area contributed by atoms with Gasteiger partial charge in [0.15, 0.2) is 0 Å². The van der Waals surface area contributed by atoms with E-state index in [9.17, 15) is 14.0 Å². The summed E-state index contributed by atoms with van der Waals surface area (Å²) in [5.74, 6) is 0.739. The van der Waals surface area contributed by atoms with E-state index in [1.807, 2.05) is 97.1 Å². The van der Waals surface area contributed by atoms with E-state index in [1.165, 1.54) is 0 Å². The van der Waals surface area contributed by atoms with E-state index in [2.05, 4.69) is 6.92 Å². The van der Waals surface area contributed by atoms with E-state index in [0.29, 0.717) is 16.4 Å². The van der Waals surface area contributed by atoms with Gasteiger partial charge in [-0.1, -0.05) is 92.6 Å². The summed E-state index contributed by atoms with van der Waals surface area (Å²) in [4.78, 5) is 1.23. The van der Waals surface area contributed by atoms with Gasteiger partial charge in [0, 0.05) is 0 Å². The fraction of sp³-hybridized carbons (Fsp3) is 0.179. The minimum absolute atomic E-state index is 0.606. The van der Waals surface area contributed by atoms with Crippen molar-refractivity contribution in [2.45, 2.75) is 26.2 Å². The Labute approximate surface area is 210 Å². The number of halogens is 1. The van der Waals surface area contributed by atoms with Gasteiger partial charge in [0.2, 0.25) is 0 Å². The first-order chi connectivity index (χ1) is 16.9. The summed E-state index contributed by atoms with van der Waals surface area (Å²) in [5.41, 5.74) is 3.40. The third-order valence-electron chi connectivity index (χ3n) is 5.43. The van der Waals surface area contributed by atoms with Gasteiger partial charge in [-0.05, 0) is 53.0 Å². The summed E-state index contributed by atoms with van der Waals surface area (Å²) in [6.45, 7) is 2.79. The van der Waals surface area contributed by atoms with Crippen LogP contribution in [0.4, 0.5) is 0 Å². The maximum Gasteiger partial charge on any atom is 0.148 e. The van der Waals surface area contributed by atoms with Gasteiger partial charge in [0.25, 0.3) is 0 Å². The molecule has 3 aromatic carbocycles. The third-order valence-corrected chi connectivity index (χ3v) is 8.06. The van der Waals surface area contributed by atoms with Crippen LogP contribution in [-0.2, 0) is 3.74 Å². The molecule has 0 spiro atoms. The SMILES string of the molecule is CCCCCOc1ccc(C2=S(O[Cl+3]([O-])([O-])[O-])C(c3ccccc3)=CC(c3ccccc3)=C2)cc1. The molecule has 0 amide bonds. The number of rotatable bonds is 10. The van der Waals surface area contributed by atoms with E-state index in [4.69, 9.17) is 8.47 Å². The topological polar surface area (TPSA) is 87.6 Å². The van der Waals surface area contributed by atoms with Crippen LogP contribution in [0.15, 0.2) is 97.1 Å². The van der Waals surface area contributed by atoms with E-state index < -0.39 is 21.0 Å². The van der Waals surface area contributed by atoms with Crippen LogP contribution in [0.25, 0.3) is 10.5 Å². The minimum Gasteiger partial charge on any atom is -0.494 e. The maximum atomic E-state index is 11.8. The van der Waals surface area contributed by atoms with Crippen molar-refractivity contribution >= 4 is 26.1 Å². The first-order valence-electron chi connectivity index (χ1n) is 11.4. The third kappa shape index (κ3) is 6.92. The fourth-order valence-electron chi connectivity index (χ4n) is 3.73. The Morgan fingerprint density at radius 1 is 0.714 bits per heavy atom. The zero-order chi connectivity index (χ0) is 24.7. The molecule has 35 heavy (non-hydrogen) atoms. The Morgan fingerprint density at radius 2 is 1.34 bits per heavy atom. The highest BCUT2D eigenvalue weighted by atomic mass is 35.7. The maximum absolute atomic E-state index is 11.8. The number of hydrogen-bond donors (Lipinski definition) is 0. The van der Waals surface area contributed by atoms with Crippen molar-refractivity contribution in [2.24, 2.45) is 0 Å². The Balaban J connectivity index is 1.80. The van der Waals surface area contributed by atoms with Crippen LogP contribution in [0, 0.1) is 10.2 Å². The number of ether oxygens (including phenoxy) is 1. The van der Waals surface area contributed by atoms with Crippen molar-refractivity contribution in [3.8, 4) is 5.75 Å². The van der Waals surface area contributed by atoms with E-state index in [1.54, 1.807) is 0 Å². The molecule has 0 fully saturated rings. The second-order valence-electron chi connectivity index (χ2n) is 7.99. The summed E-state index contributed by atoms with van der Waals surface area (Å²) >= 11 is 0. The van der Waals surface area contributed by atoms with Gasteiger partial charge < -0.3 is 4.74 Å². The van der Waals surface area contributed by atoms with Crippen molar-refractivity contribution in [1.82, 2.24) is 0 Å². The van der Waals surface area contributed by atoms with E-state index in [-0.39, 0.29) is 0 Å². The summed E-state index contributed by atoms with van der Waals surface area (Å²) in [6.07, 6.45) is 7.01. The van der Waals surface area contributed by atoms with Gasteiger partial charge in [0.05, 0.1) is 26.6 Å². The summed E-state index contributed by atoms with van der Waals surface area (Å²) in [7, 11) is -6.11. The number of allylic oxidation sites excluding steroid dienone is 3. The highest BCUT2D eigenvalue weighted by molar-refractivity contribution is 8.20. The monoisotopic (exact) mass is 510 g/mol. The van der Waals surface area contributed by atoms with Crippen LogP contribution >= 0.6 is 10.8 Å². The van der Waals surface area contributed by atoms with Crippen LogP contribution in [0.5, 0.6) is 5.75 Å². The second kappa shape index (κ2) is 11.8. The molecule has 3 aromatic rings. The Morgan fingerprint density at radius 3 is 1.94 bits per heavy atom. The molecule has 4 rings (SSSR count). The molecule has 1 heterocycles. The van der Waals surface area contributed by atoms with Crippen molar-refractivity contribution in [1.29, 1.82) is 0 Å². The Kier molecular flexibility index (Phi) is 8.57. The van der Waals surface area contributed by atoms with Crippen LogP contribution in [0.3, 0.4) is 0 Å². The minimum atomic E-state index is -4.66. The molecule has 0 radical (unpaired) electrons. The largest absolute Gasteiger partial charge is 0.494 e. The molecule has 0 bridgehead atoms. The Hall–Kier alpha value is -2.71. The van der Waals surface area contributed by atoms with Gasteiger partial charge in [-0.15, -0.1) is 0 Å². The van der Waals surface area contributed by atoms with Gasteiger partial charge in [-0.3, -0.25) is 0 Å². The van der Waals surface area contributed by atoms with E-state index in [0.717, 1.165) is 47.3 Å². The zero-order valence-corrected chi connectivity index (χ0v) is 21.0. The standard InChI is InChI=1S/C28H27ClO5S/c1-2-3-10-19-33-26-17-15-24(16-18-26)28-21-25(22-11-6-4-7-12-22)20-27(23-13-8-5-9-14-23)35(28)34-29(30,31)32/h4-9,11-18,20-21H,2-3,10,19H2,1H3. The second-order valence-corrected chi connectivity index (χ2v) is 10.7. The number of hydrogen-bond acceptors (Lipinski definition) is 5. The van der Waals surface area contributed by atoms with Crippen molar-refractivity contribution < 1.29 is 32.7 Å². The molecule has 0 saturated carbocycles. The van der Waals surface area contributed by atoms with E-state index >= 15 is 0 Å². The molecule has 182 valence electrons. The molecule has 1 aliphatic rings. The quantitative estimate of drug-likeness (QED) is 0.304. The predicted molar refractivity (Wildman–Crippen MR) is 133 cm³/mol. The normalized spacial score (nSPS) is 16.0. The highest BCUT2D eigenvalue weighted by Gasteiger charge is 2.31. The lowest BCUT2D eigenvalue weighted by atomic mass is 10.0. The predicted octanol–water partition coefficient (Wildman–Crippen LogP) is 4.01. The highest BCUT2D eigenvalue weighted by Crippen LogP contribution is 2.45. The average Bonchev–Trinajstić information content (AvgIpc) is 2.87. The van der Waals surface area contributed by atoms with Crippen LogP contribution in [0.2, 0.25) is 0 Å². The van der Waals surface area contributed by atoms with Crippen LogP contribution in [0.1, 0.15) is 42.9 Å². The molecule has 5 nitrogen and oxygen atoms in total.